The van der Waals surface area contributed by atoms with Crippen LogP contribution in [0.5, 0.6) is 0 Å². The van der Waals surface area contributed by atoms with Gasteiger partial charge >= 0.3 is 5.97 Å². The topological polar surface area (TPSA) is 56.1 Å². The van der Waals surface area contributed by atoms with Crippen molar-refractivity contribution in [3.8, 4) is 11.3 Å². The van der Waals surface area contributed by atoms with Gasteiger partial charge in [0.1, 0.15) is 0 Å². The summed E-state index contributed by atoms with van der Waals surface area (Å²) in [7, 11) is 1.44. The van der Waals surface area contributed by atoms with E-state index in [9.17, 15) is 4.79 Å². The van der Waals surface area contributed by atoms with Crippen molar-refractivity contribution in [3.05, 3.63) is 22.8 Å². The van der Waals surface area contributed by atoms with Crippen molar-refractivity contribution in [2.45, 2.75) is 66.0 Å². The molecule has 25 heavy (non-hydrogen) atoms. The number of hydrogen-bond acceptors (Lipinski definition) is 5. The van der Waals surface area contributed by atoms with Crippen molar-refractivity contribution in [2.24, 2.45) is 0 Å². The number of esters is 1. The van der Waals surface area contributed by atoms with E-state index >= 15 is 0 Å². The van der Waals surface area contributed by atoms with Gasteiger partial charge in [-0.2, -0.15) is 0 Å². The second-order valence-electron chi connectivity index (χ2n) is 6.66. The Hall–Kier alpha value is -1.82. The maximum Gasteiger partial charge on any atom is 0.305 e. The summed E-state index contributed by atoms with van der Waals surface area (Å²) in [5.41, 5.74) is 4.76. The molecule has 0 aliphatic rings. The molecule has 0 fully saturated rings. The average molecular weight is 364 g/mol. The van der Waals surface area contributed by atoms with Crippen molar-refractivity contribution >= 4 is 22.4 Å². The number of hydrogen-bond donors (Lipinski definition) is 1. The third kappa shape index (κ3) is 5.33. The Morgan fingerprint density at radius 1 is 1.32 bits per heavy atom. The summed E-state index contributed by atoms with van der Waals surface area (Å²) in [6, 6.07) is 2.61. The molecule has 1 N–H and O–H groups in total. The first kappa shape index (κ1) is 19.5. The maximum atomic E-state index is 11.1. The Labute approximate surface area is 154 Å². The number of aromatic nitrogens is 2. The number of ether oxygens (including phenoxy) is 1. The fourth-order valence-corrected chi connectivity index (χ4v) is 3.79. The van der Waals surface area contributed by atoms with Gasteiger partial charge in [-0.05, 0) is 46.6 Å². The second kappa shape index (κ2) is 9.04. The van der Waals surface area contributed by atoms with Crippen molar-refractivity contribution in [1.29, 1.82) is 0 Å². The summed E-state index contributed by atoms with van der Waals surface area (Å²) in [5.74, 6) is -0.120. The van der Waals surface area contributed by atoms with Crippen LogP contribution >= 0.6 is 11.3 Å². The van der Waals surface area contributed by atoms with Gasteiger partial charge in [-0.15, -0.1) is 11.3 Å². The second-order valence-corrected chi connectivity index (χ2v) is 7.52. The number of nitrogens with zero attached hydrogens (tertiary/aromatic N) is 2. The Morgan fingerprint density at radius 2 is 2.08 bits per heavy atom. The van der Waals surface area contributed by atoms with E-state index in [1.165, 1.54) is 24.1 Å². The van der Waals surface area contributed by atoms with Gasteiger partial charge in [-0.1, -0.05) is 6.42 Å². The molecule has 0 saturated carbocycles. The van der Waals surface area contributed by atoms with Crippen LogP contribution in [-0.4, -0.2) is 28.7 Å². The number of aryl methyl sites for hydroxylation is 1. The third-order valence-electron chi connectivity index (χ3n) is 4.26. The third-order valence-corrected chi connectivity index (χ3v) is 5.03. The Morgan fingerprint density at radius 3 is 2.76 bits per heavy atom. The molecule has 0 aromatic carbocycles. The molecule has 0 atom stereocenters. The Balaban J connectivity index is 1.98. The summed E-state index contributed by atoms with van der Waals surface area (Å²) in [6.07, 6.45) is 3.48. The Bertz CT molecular complexity index is 704. The average Bonchev–Trinajstić information content (AvgIpc) is 3.12. The van der Waals surface area contributed by atoms with Gasteiger partial charge in [-0.3, -0.25) is 4.79 Å². The summed E-state index contributed by atoms with van der Waals surface area (Å²) in [4.78, 5) is 15.9. The van der Waals surface area contributed by atoms with Gasteiger partial charge in [0.2, 0.25) is 0 Å². The highest BCUT2D eigenvalue weighted by molar-refractivity contribution is 7.14. The zero-order valence-corrected chi connectivity index (χ0v) is 16.7. The molecular formula is C19H29N3O2S. The molecule has 6 heteroatoms. The normalized spacial score (nSPS) is 11.1. The summed E-state index contributed by atoms with van der Waals surface area (Å²) >= 11 is 1.65. The minimum Gasteiger partial charge on any atom is -0.469 e. The zero-order valence-electron chi connectivity index (χ0n) is 15.9. The lowest BCUT2D eigenvalue weighted by Crippen LogP contribution is -2.09. The predicted octanol–water partition coefficient (Wildman–Crippen LogP) is 4.78. The van der Waals surface area contributed by atoms with Crippen LogP contribution in [0.15, 0.2) is 11.4 Å². The van der Waals surface area contributed by atoms with Crippen LogP contribution < -0.4 is 5.32 Å². The summed E-state index contributed by atoms with van der Waals surface area (Å²) in [5, 5.41) is 6.45. The van der Waals surface area contributed by atoms with Gasteiger partial charge in [0.25, 0.3) is 0 Å². The van der Waals surface area contributed by atoms with Crippen LogP contribution in [0.1, 0.15) is 50.9 Å². The van der Waals surface area contributed by atoms with Gasteiger partial charge in [-0.25, -0.2) is 4.98 Å². The number of carbonyl (C=O) groups excluding carboxylic acids is 1. The van der Waals surface area contributed by atoms with Crippen LogP contribution in [0.2, 0.25) is 0 Å². The molecule has 0 spiro atoms. The molecule has 0 unspecified atom stereocenters. The molecule has 138 valence electrons. The molecule has 0 amide bonds. The highest BCUT2D eigenvalue weighted by Crippen LogP contribution is 2.30. The number of anilines is 1. The van der Waals surface area contributed by atoms with Crippen LogP contribution in [0.25, 0.3) is 11.3 Å². The maximum absolute atomic E-state index is 11.1. The fraction of sp³-hybridized carbons (Fsp3) is 0.579. The van der Waals surface area contributed by atoms with E-state index in [0.717, 1.165) is 36.6 Å². The number of unbranched alkanes of at least 4 members (excludes halogenated alkanes) is 2. The largest absolute Gasteiger partial charge is 0.469 e. The molecule has 2 aromatic heterocycles. The lowest BCUT2D eigenvalue weighted by Gasteiger charge is -2.09. The lowest BCUT2D eigenvalue weighted by molar-refractivity contribution is -0.140. The van der Waals surface area contributed by atoms with Crippen LogP contribution in [0.3, 0.4) is 0 Å². The SMILES string of the molecule is COC(=O)CCCCCn1c(C)cc(-c2csc(NC(C)C)n2)c1C. The fourth-order valence-electron chi connectivity index (χ4n) is 2.93. The van der Waals surface area contributed by atoms with Gasteiger partial charge in [0.15, 0.2) is 5.13 Å². The molecule has 2 aromatic rings. The Kier molecular flexibility index (Phi) is 7.05. The van der Waals surface area contributed by atoms with E-state index in [1.54, 1.807) is 11.3 Å². The van der Waals surface area contributed by atoms with E-state index < -0.39 is 0 Å². The standard InChI is InChI=1S/C19H29N3O2S/c1-13(2)20-19-21-17(12-25-19)16-11-14(3)22(15(16)4)10-8-6-7-9-18(23)24-5/h11-13H,6-10H2,1-5H3,(H,20,21). The molecule has 2 heterocycles. The number of rotatable bonds is 9. The van der Waals surface area contributed by atoms with Gasteiger partial charge < -0.3 is 14.6 Å². The quantitative estimate of drug-likeness (QED) is 0.514. The summed E-state index contributed by atoms with van der Waals surface area (Å²) < 4.78 is 7.03. The minimum absolute atomic E-state index is 0.120. The molecular weight excluding hydrogens is 334 g/mol. The number of thiazole rings is 1. The lowest BCUT2D eigenvalue weighted by atomic mass is 10.2. The number of methoxy groups -OCH3 is 1. The predicted molar refractivity (Wildman–Crippen MR) is 104 cm³/mol. The van der Waals surface area contributed by atoms with Crippen molar-refractivity contribution in [1.82, 2.24) is 9.55 Å². The highest BCUT2D eigenvalue weighted by Gasteiger charge is 2.14. The van der Waals surface area contributed by atoms with E-state index in [1.807, 2.05) is 0 Å². The van der Waals surface area contributed by atoms with Crippen LogP contribution in [-0.2, 0) is 16.1 Å². The van der Waals surface area contributed by atoms with E-state index in [-0.39, 0.29) is 5.97 Å². The first-order chi connectivity index (χ1) is 11.9. The van der Waals surface area contributed by atoms with Gasteiger partial charge in [0.05, 0.1) is 12.8 Å². The molecule has 0 bridgehead atoms. The molecule has 0 radical (unpaired) electrons. The van der Waals surface area contributed by atoms with E-state index in [4.69, 9.17) is 4.98 Å². The molecule has 2 rings (SSSR count). The van der Waals surface area contributed by atoms with E-state index in [2.05, 4.69) is 53.8 Å². The first-order valence-electron chi connectivity index (χ1n) is 8.88. The first-order valence-corrected chi connectivity index (χ1v) is 9.76. The number of carbonyl (C=O) groups is 1. The van der Waals surface area contributed by atoms with Crippen LogP contribution in [0, 0.1) is 13.8 Å². The van der Waals surface area contributed by atoms with Gasteiger partial charge in [0, 0.05) is 41.3 Å². The van der Waals surface area contributed by atoms with Crippen molar-refractivity contribution in [3.63, 3.8) is 0 Å². The van der Waals surface area contributed by atoms with Crippen LogP contribution in [0.4, 0.5) is 5.13 Å². The van der Waals surface area contributed by atoms with Crippen molar-refractivity contribution in [2.75, 3.05) is 12.4 Å². The number of nitrogens with one attached hydrogen (secondary N) is 1. The van der Waals surface area contributed by atoms with E-state index in [0.29, 0.717) is 12.5 Å². The van der Waals surface area contributed by atoms with Crippen molar-refractivity contribution < 1.29 is 9.53 Å². The minimum atomic E-state index is -0.120. The molecule has 0 aliphatic heterocycles. The smallest absolute Gasteiger partial charge is 0.305 e. The summed E-state index contributed by atoms with van der Waals surface area (Å²) in [6.45, 7) is 9.51. The monoisotopic (exact) mass is 363 g/mol. The molecule has 0 saturated heterocycles. The molecule has 5 nitrogen and oxygen atoms in total. The molecule has 0 aliphatic carbocycles. The zero-order chi connectivity index (χ0) is 18.4. The highest BCUT2D eigenvalue weighted by atomic mass is 32.1.